The molecule has 14 nitrogen and oxygen atoms in total. The zero-order valence-electron chi connectivity index (χ0n) is 34.7. The molecule has 15 heteroatoms. The Balaban J connectivity index is 1.31. The van der Waals surface area contributed by atoms with E-state index in [1.165, 1.54) is 11.0 Å². The van der Waals surface area contributed by atoms with E-state index < -0.39 is 79.5 Å². The quantitative estimate of drug-likeness (QED) is 0.125. The summed E-state index contributed by atoms with van der Waals surface area (Å²) in [4.78, 5) is 70.3. The average Bonchev–Trinajstić information content (AvgIpc) is 3.98. The van der Waals surface area contributed by atoms with Crippen molar-refractivity contribution in [2.75, 3.05) is 32.1 Å². The molecular formula is C41H67N5O9S. The Hall–Kier alpha value is -3.04. The summed E-state index contributed by atoms with van der Waals surface area (Å²) >= 11 is 0. The number of piperidine rings is 1. The molecular weight excluding hydrogens is 739 g/mol. The van der Waals surface area contributed by atoms with Crippen LogP contribution in [0.1, 0.15) is 119 Å². The standard InChI is InChI=1S/C41H67N5O9S/c1-9-20-42-35(49)32(47)28(22-26-16-17-26)43-34(48)31-30-27(40(30,7)8)23-46(31)36(50)33(38(2,3)4)44-37(51)45-41(18-12-10-13-19-41)25-56(52,53)39(5,6)24-55-29-15-11-14-21-54-29/h9,26-31,33H,1,10-25H2,2-8H3,(H,42,49)(H,43,48)(H2,44,45,51)/t27-,28-,29?,30-,31-,33+/m0/s1. The molecule has 2 aliphatic heterocycles. The molecule has 6 atom stereocenters. The van der Waals surface area contributed by atoms with E-state index in [-0.39, 0.29) is 42.1 Å². The first-order chi connectivity index (χ1) is 26.1. The van der Waals surface area contributed by atoms with Crippen LogP contribution in [-0.2, 0) is 38.5 Å². The van der Waals surface area contributed by atoms with Crippen LogP contribution in [-0.4, -0.2) is 110 Å². The fraction of sp³-hybridized carbons (Fsp3) is 0.829. The minimum absolute atomic E-state index is 0.0375. The summed E-state index contributed by atoms with van der Waals surface area (Å²) in [7, 11) is -3.81. The van der Waals surface area contributed by atoms with Gasteiger partial charge in [0.15, 0.2) is 16.1 Å². The number of carbonyl (C=O) groups excluding carboxylic acids is 5. The molecule has 0 aromatic carbocycles. The number of carbonyl (C=O) groups is 5. The van der Waals surface area contributed by atoms with Crippen LogP contribution in [0.15, 0.2) is 12.7 Å². The third-order valence-corrected chi connectivity index (χ3v) is 15.7. The van der Waals surface area contributed by atoms with Gasteiger partial charge in [0.05, 0.1) is 28.7 Å². The SMILES string of the molecule is C=CCNC(=O)C(=O)[C@H](CC1CC1)NC(=O)[C@@H]1[C@@H]2[C@H](CN1C(=O)[C@@H](NC(=O)NC1(CS(=O)(=O)C(C)(C)COC3CCCCO3)CCCCC1)C(C)(C)C)C2(C)C. The second kappa shape index (κ2) is 17.1. The summed E-state index contributed by atoms with van der Waals surface area (Å²) in [5, 5.41) is 11.3. The van der Waals surface area contributed by atoms with E-state index in [0.717, 1.165) is 44.9 Å². The van der Waals surface area contributed by atoms with Gasteiger partial charge in [-0.15, -0.1) is 6.58 Å². The van der Waals surface area contributed by atoms with Gasteiger partial charge < -0.3 is 35.6 Å². The van der Waals surface area contributed by atoms with Crippen molar-refractivity contribution in [2.45, 2.75) is 154 Å². The lowest BCUT2D eigenvalue weighted by atomic mass is 9.83. The molecule has 5 amide bonds. The zero-order chi connectivity index (χ0) is 41.3. The molecule has 0 aromatic heterocycles. The number of Topliss-reactive ketones (excluding diaryl/α,β-unsaturated/α-hetero) is 1. The molecule has 5 fully saturated rings. The number of hydrogen-bond acceptors (Lipinski definition) is 9. The molecule has 316 valence electrons. The van der Waals surface area contributed by atoms with Gasteiger partial charge in [-0.05, 0) is 81.0 Å². The molecule has 3 aliphatic carbocycles. The van der Waals surface area contributed by atoms with Crippen LogP contribution in [0, 0.1) is 28.6 Å². The molecule has 0 aromatic rings. The normalized spacial score (nSPS) is 26.9. The number of fused-ring (bicyclic) bond motifs is 1. The molecule has 5 aliphatic rings. The maximum absolute atomic E-state index is 14.6. The first-order valence-corrected chi connectivity index (χ1v) is 22.4. The predicted molar refractivity (Wildman–Crippen MR) is 212 cm³/mol. The summed E-state index contributed by atoms with van der Waals surface area (Å²) in [6.07, 6.45) is 9.17. The van der Waals surface area contributed by atoms with Crippen LogP contribution < -0.4 is 21.3 Å². The van der Waals surface area contributed by atoms with Crippen LogP contribution in [0.5, 0.6) is 0 Å². The Morgan fingerprint density at radius 3 is 2.23 bits per heavy atom. The molecule has 2 saturated heterocycles. The van der Waals surface area contributed by atoms with Crippen LogP contribution >= 0.6 is 0 Å². The van der Waals surface area contributed by atoms with Gasteiger partial charge in [0.1, 0.15) is 12.1 Å². The second-order valence-corrected chi connectivity index (χ2v) is 22.0. The van der Waals surface area contributed by atoms with E-state index in [1.807, 2.05) is 20.8 Å². The van der Waals surface area contributed by atoms with Gasteiger partial charge in [-0.3, -0.25) is 19.2 Å². The van der Waals surface area contributed by atoms with Crippen LogP contribution in [0.3, 0.4) is 0 Å². The van der Waals surface area contributed by atoms with E-state index in [2.05, 4.69) is 41.7 Å². The lowest BCUT2D eigenvalue weighted by molar-refractivity contribution is -0.165. The van der Waals surface area contributed by atoms with Crippen molar-refractivity contribution in [3.63, 3.8) is 0 Å². The van der Waals surface area contributed by atoms with E-state index in [0.29, 0.717) is 38.8 Å². The van der Waals surface area contributed by atoms with Crippen molar-refractivity contribution in [1.82, 2.24) is 26.2 Å². The summed E-state index contributed by atoms with van der Waals surface area (Å²) in [5.41, 5.74) is -2.06. The smallest absolute Gasteiger partial charge is 0.315 e. The van der Waals surface area contributed by atoms with Gasteiger partial charge >= 0.3 is 6.03 Å². The van der Waals surface area contributed by atoms with E-state index in [9.17, 15) is 32.4 Å². The highest BCUT2D eigenvalue weighted by atomic mass is 32.2. The number of rotatable bonds is 17. The summed E-state index contributed by atoms with van der Waals surface area (Å²) in [6.45, 7) is 17.4. The van der Waals surface area contributed by atoms with Crippen LogP contribution in [0.4, 0.5) is 4.79 Å². The van der Waals surface area contributed by atoms with Gasteiger partial charge in [-0.1, -0.05) is 72.8 Å². The van der Waals surface area contributed by atoms with Crippen molar-refractivity contribution in [3.8, 4) is 0 Å². The van der Waals surface area contributed by atoms with Crippen LogP contribution in [0.25, 0.3) is 0 Å². The minimum atomic E-state index is -3.81. The molecule has 0 radical (unpaired) electrons. The van der Waals surface area contributed by atoms with Crippen molar-refractivity contribution in [1.29, 1.82) is 0 Å². The maximum atomic E-state index is 14.6. The summed E-state index contributed by atoms with van der Waals surface area (Å²) < 4.78 is 38.5. The Kier molecular flexibility index (Phi) is 13.4. The van der Waals surface area contributed by atoms with Crippen LogP contribution in [0.2, 0.25) is 0 Å². The highest BCUT2D eigenvalue weighted by molar-refractivity contribution is 7.92. The van der Waals surface area contributed by atoms with Crippen molar-refractivity contribution in [3.05, 3.63) is 12.7 Å². The topological polar surface area (TPSA) is 189 Å². The first-order valence-electron chi connectivity index (χ1n) is 20.7. The number of ketones is 1. The van der Waals surface area contributed by atoms with E-state index >= 15 is 0 Å². The number of hydrogen-bond donors (Lipinski definition) is 4. The molecule has 0 bridgehead atoms. The molecule has 2 heterocycles. The number of ether oxygens (including phenoxy) is 2. The second-order valence-electron chi connectivity index (χ2n) is 19.4. The Morgan fingerprint density at radius 1 is 0.964 bits per heavy atom. The number of nitrogens with zero attached hydrogens (tertiary/aromatic N) is 1. The molecule has 5 rings (SSSR count). The highest BCUT2D eigenvalue weighted by Crippen LogP contribution is 2.65. The van der Waals surface area contributed by atoms with Gasteiger partial charge in [0, 0.05) is 19.7 Å². The van der Waals surface area contributed by atoms with Crippen molar-refractivity contribution < 1.29 is 41.9 Å². The fourth-order valence-electron chi connectivity index (χ4n) is 8.94. The molecule has 56 heavy (non-hydrogen) atoms. The summed E-state index contributed by atoms with van der Waals surface area (Å²) in [5.74, 6) is -2.62. The van der Waals surface area contributed by atoms with Gasteiger partial charge in [0.25, 0.3) is 5.91 Å². The molecule has 3 saturated carbocycles. The lowest BCUT2D eigenvalue weighted by Gasteiger charge is -2.42. The molecule has 4 N–H and O–H groups in total. The third kappa shape index (κ3) is 10.1. The minimum Gasteiger partial charge on any atom is -0.353 e. The number of likely N-dealkylation sites (tertiary alicyclic amines) is 1. The monoisotopic (exact) mass is 805 g/mol. The number of nitrogens with one attached hydrogen (secondary N) is 4. The van der Waals surface area contributed by atoms with Crippen molar-refractivity contribution >= 4 is 39.4 Å². The number of amides is 5. The van der Waals surface area contributed by atoms with Crippen molar-refractivity contribution in [2.24, 2.45) is 28.6 Å². The Morgan fingerprint density at radius 2 is 1.64 bits per heavy atom. The van der Waals surface area contributed by atoms with Gasteiger partial charge in [0.2, 0.25) is 17.6 Å². The largest absolute Gasteiger partial charge is 0.353 e. The maximum Gasteiger partial charge on any atom is 0.315 e. The Bertz CT molecular complexity index is 1610. The zero-order valence-corrected chi connectivity index (χ0v) is 35.5. The number of sulfone groups is 1. The van der Waals surface area contributed by atoms with Gasteiger partial charge in [-0.25, -0.2) is 13.2 Å². The third-order valence-electron chi connectivity index (χ3n) is 12.9. The highest BCUT2D eigenvalue weighted by Gasteiger charge is 2.70. The first kappa shape index (κ1) is 44.1. The molecule has 1 unspecified atom stereocenters. The predicted octanol–water partition coefficient (Wildman–Crippen LogP) is 3.78. The average molecular weight is 806 g/mol. The van der Waals surface area contributed by atoms with E-state index in [1.54, 1.807) is 13.8 Å². The fourth-order valence-corrected chi connectivity index (χ4v) is 10.7. The molecule has 0 spiro atoms. The number of urea groups is 1. The van der Waals surface area contributed by atoms with E-state index in [4.69, 9.17) is 9.47 Å². The summed E-state index contributed by atoms with van der Waals surface area (Å²) in [6, 6.07) is -3.64. The Labute approximate surface area is 333 Å². The van der Waals surface area contributed by atoms with Gasteiger partial charge in [-0.2, -0.15) is 0 Å². The lowest BCUT2D eigenvalue weighted by Crippen LogP contribution is -2.64.